The smallest absolute Gasteiger partial charge is 0.341 e. The Hall–Kier alpha value is -3.33. The van der Waals surface area contributed by atoms with E-state index in [-0.39, 0.29) is 13.4 Å². The highest BCUT2D eigenvalue weighted by Gasteiger charge is 2.23. The Morgan fingerprint density at radius 2 is 1.94 bits per heavy atom. The van der Waals surface area contributed by atoms with Crippen LogP contribution in [-0.4, -0.2) is 37.9 Å². The van der Waals surface area contributed by atoms with E-state index in [0.29, 0.717) is 28.5 Å². The highest BCUT2D eigenvalue weighted by Crippen LogP contribution is 2.34. The highest BCUT2D eigenvalue weighted by molar-refractivity contribution is 7.16. The van der Waals surface area contributed by atoms with E-state index in [1.54, 1.807) is 31.2 Å². The summed E-state index contributed by atoms with van der Waals surface area (Å²) in [6.45, 7) is 5.45. The summed E-state index contributed by atoms with van der Waals surface area (Å²) in [6.07, 6.45) is 3.41. The number of rotatable bonds is 8. The summed E-state index contributed by atoms with van der Waals surface area (Å²) in [5.74, 6) is -0.449. The van der Waals surface area contributed by atoms with Crippen molar-refractivity contribution in [2.24, 2.45) is 0 Å². The zero-order chi connectivity index (χ0) is 22.4. The van der Waals surface area contributed by atoms with Crippen LogP contribution in [0.5, 0.6) is 11.5 Å². The van der Waals surface area contributed by atoms with E-state index in [9.17, 15) is 14.4 Å². The quantitative estimate of drug-likeness (QED) is 0.488. The number of amides is 1. The number of carbonyl (C=O) groups excluding carboxylic acids is 3. The number of thiophene rings is 1. The molecule has 31 heavy (non-hydrogen) atoms. The first-order chi connectivity index (χ1) is 14.9. The van der Waals surface area contributed by atoms with Gasteiger partial charge in [0.15, 0.2) is 18.1 Å². The summed E-state index contributed by atoms with van der Waals surface area (Å²) in [5, 5.41) is 3.04. The molecule has 0 aliphatic carbocycles. The average molecular weight is 445 g/mol. The molecule has 0 saturated heterocycles. The van der Waals surface area contributed by atoms with Gasteiger partial charge in [-0.25, -0.2) is 9.59 Å². The molecule has 9 heteroatoms. The SMILES string of the molecule is CCOC(=O)c1c(NC(=O)COC(=O)/C=C/c2ccc3c(c2)OCO3)sc(C)c1CC. The fraction of sp³-hybridized carbons (Fsp3) is 0.318. The molecule has 1 amide bonds. The van der Waals surface area contributed by atoms with Crippen LogP contribution in [0.1, 0.15) is 40.2 Å². The van der Waals surface area contributed by atoms with Gasteiger partial charge in [0.05, 0.1) is 12.2 Å². The van der Waals surface area contributed by atoms with Crippen molar-refractivity contribution in [3.63, 3.8) is 0 Å². The minimum absolute atomic E-state index is 0.168. The average Bonchev–Trinajstić information content (AvgIpc) is 3.33. The maximum absolute atomic E-state index is 12.3. The van der Waals surface area contributed by atoms with Gasteiger partial charge in [-0.1, -0.05) is 13.0 Å². The molecule has 0 saturated carbocycles. The summed E-state index contributed by atoms with van der Waals surface area (Å²) in [7, 11) is 0. The first-order valence-electron chi connectivity index (χ1n) is 9.76. The number of ether oxygens (including phenoxy) is 4. The second-order valence-electron chi connectivity index (χ2n) is 6.52. The predicted molar refractivity (Wildman–Crippen MR) is 116 cm³/mol. The molecule has 0 fully saturated rings. The van der Waals surface area contributed by atoms with Gasteiger partial charge in [-0.15, -0.1) is 11.3 Å². The lowest BCUT2D eigenvalue weighted by atomic mass is 10.1. The zero-order valence-electron chi connectivity index (χ0n) is 17.5. The third kappa shape index (κ3) is 5.43. The first kappa shape index (κ1) is 22.4. The van der Waals surface area contributed by atoms with Crippen LogP contribution in [-0.2, 0) is 25.5 Å². The predicted octanol–water partition coefficient (Wildman–Crippen LogP) is 3.72. The van der Waals surface area contributed by atoms with Crippen molar-refractivity contribution in [1.29, 1.82) is 0 Å². The number of fused-ring (bicyclic) bond motifs is 1. The molecule has 1 N–H and O–H groups in total. The van der Waals surface area contributed by atoms with Crippen molar-refractivity contribution < 1.29 is 33.3 Å². The number of hydrogen-bond acceptors (Lipinski definition) is 8. The van der Waals surface area contributed by atoms with Crippen LogP contribution < -0.4 is 14.8 Å². The maximum atomic E-state index is 12.3. The monoisotopic (exact) mass is 445 g/mol. The number of aryl methyl sites for hydroxylation is 1. The number of carbonyl (C=O) groups is 3. The summed E-state index contributed by atoms with van der Waals surface area (Å²) in [5.41, 5.74) is 1.92. The largest absolute Gasteiger partial charge is 0.462 e. The number of nitrogens with one attached hydrogen (secondary N) is 1. The van der Waals surface area contributed by atoms with E-state index in [1.807, 2.05) is 13.8 Å². The highest BCUT2D eigenvalue weighted by atomic mass is 32.1. The molecular weight excluding hydrogens is 422 g/mol. The molecule has 8 nitrogen and oxygen atoms in total. The third-order valence-corrected chi connectivity index (χ3v) is 5.51. The van der Waals surface area contributed by atoms with Gasteiger partial charge in [0, 0.05) is 11.0 Å². The van der Waals surface area contributed by atoms with E-state index in [0.717, 1.165) is 16.0 Å². The fourth-order valence-electron chi connectivity index (χ4n) is 3.04. The fourth-order valence-corrected chi connectivity index (χ4v) is 4.19. The lowest BCUT2D eigenvalue weighted by molar-refractivity contribution is -0.142. The minimum atomic E-state index is -0.671. The molecule has 0 atom stereocenters. The Morgan fingerprint density at radius 3 is 2.68 bits per heavy atom. The van der Waals surface area contributed by atoms with Crippen LogP contribution in [0, 0.1) is 6.92 Å². The molecular formula is C22H23NO7S. The van der Waals surface area contributed by atoms with Crippen LogP contribution in [0.2, 0.25) is 0 Å². The number of anilines is 1. The van der Waals surface area contributed by atoms with E-state index in [2.05, 4.69) is 5.32 Å². The number of benzene rings is 1. The molecule has 0 bridgehead atoms. The summed E-state index contributed by atoms with van der Waals surface area (Å²) in [6, 6.07) is 5.25. The van der Waals surface area contributed by atoms with Crippen LogP contribution >= 0.6 is 11.3 Å². The minimum Gasteiger partial charge on any atom is -0.462 e. The third-order valence-electron chi connectivity index (χ3n) is 4.45. The van der Waals surface area contributed by atoms with E-state index >= 15 is 0 Å². The van der Waals surface area contributed by atoms with E-state index in [4.69, 9.17) is 18.9 Å². The zero-order valence-corrected chi connectivity index (χ0v) is 18.3. The molecule has 0 unspecified atom stereocenters. The molecule has 0 spiro atoms. The van der Waals surface area contributed by atoms with Crippen molar-refractivity contribution in [2.45, 2.75) is 27.2 Å². The standard InChI is InChI=1S/C22H23NO7S/c1-4-15-13(3)31-21(20(15)22(26)27-5-2)23-18(24)11-28-19(25)9-7-14-6-8-16-17(10-14)30-12-29-16/h6-10H,4-5,11-12H2,1-3H3,(H,23,24)/b9-7+. The van der Waals surface area contributed by atoms with Gasteiger partial charge in [-0.3, -0.25) is 4.79 Å². The molecule has 164 valence electrons. The van der Waals surface area contributed by atoms with Crippen LogP contribution in [0.25, 0.3) is 6.08 Å². The molecule has 1 aromatic heterocycles. The van der Waals surface area contributed by atoms with Crippen molar-refractivity contribution in [3.05, 3.63) is 45.8 Å². The molecule has 2 heterocycles. The molecule has 3 rings (SSSR count). The molecule has 0 radical (unpaired) electrons. The van der Waals surface area contributed by atoms with Gasteiger partial charge >= 0.3 is 11.9 Å². The summed E-state index contributed by atoms with van der Waals surface area (Å²) < 4.78 is 20.6. The van der Waals surface area contributed by atoms with Gasteiger partial charge < -0.3 is 24.3 Å². The molecule has 1 aromatic carbocycles. The lowest BCUT2D eigenvalue weighted by Gasteiger charge is -2.08. The Morgan fingerprint density at radius 1 is 1.16 bits per heavy atom. The second kappa shape index (κ2) is 10.1. The Labute approximate surface area is 183 Å². The second-order valence-corrected chi connectivity index (χ2v) is 7.74. The number of hydrogen-bond donors (Lipinski definition) is 1. The Balaban J connectivity index is 1.57. The van der Waals surface area contributed by atoms with Gasteiger partial charge in [0.25, 0.3) is 5.91 Å². The van der Waals surface area contributed by atoms with Crippen molar-refractivity contribution >= 4 is 40.3 Å². The maximum Gasteiger partial charge on any atom is 0.341 e. The van der Waals surface area contributed by atoms with E-state index in [1.165, 1.54) is 17.4 Å². The lowest BCUT2D eigenvalue weighted by Crippen LogP contribution is -2.21. The molecule has 2 aromatic rings. The molecule has 1 aliphatic rings. The van der Waals surface area contributed by atoms with E-state index < -0.39 is 24.5 Å². The van der Waals surface area contributed by atoms with Crippen molar-refractivity contribution in [3.8, 4) is 11.5 Å². The summed E-state index contributed by atoms with van der Waals surface area (Å²) in [4.78, 5) is 37.5. The Bertz CT molecular complexity index is 1030. The van der Waals surface area contributed by atoms with Crippen LogP contribution in [0.4, 0.5) is 5.00 Å². The topological polar surface area (TPSA) is 100 Å². The van der Waals surface area contributed by atoms with Gasteiger partial charge in [-0.05, 0) is 49.6 Å². The first-order valence-corrected chi connectivity index (χ1v) is 10.6. The van der Waals surface area contributed by atoms with Gasteiger partial charge in [-0.2, -0.15) is 0 Å². The van der Waals surface area contributed by atoms with Crippen LogP contribution in [0.3, 0.4) is 0 Å². The van der Waals surface area contributed by atoms with Crippen LogP contribution in [0.15, 0.2) is 24.3 Å². The summed E-state index contributed by atoms with van der Waals surface area (Å²) >= 11 is 1.29. The van der Waals surface area contributed by atoms with Gasteiger partial charge in [0.1, 0.15) is 5.00 Å². The number of esters is 2. The van der Waals surface area contributed by atoms with Crippen molar-refractivity contribution in [1.82, 2.24) is 0 Å². The normalized spacial score (nSPS) is 12.1. The Kier molecular flexibility index (Phi) is 7.30. The van der Waals surface area contributed by atoms with Gasteiger partial charge in [0.2, 0.25) is 6.79 Å². The van der Waals surface area contributed by atoms with Crippen molar-refractivity contribution in [2.75, 3.05) is 25.3 Å². The molecule has 1 aliphatic heterocycles.